The molecule has 0 aliphatic carbocycles. The number of rotatable bonds is 2. The van der Waals surface area contributed by atoms with E-state index in [1.165, 1.54) is 6.33 Å². The van der Waals surface area contributed by atoms with Crippen molar-refractivity contribution in [2.24, 2.45) is 0 Å². The number of aryl methyl sites for hydroxylation is 1. The second kappa shape index (κ2) is 4.45. The Kier molecular flexibility index (Phi) is 2.68. The number of hydrogen-bond acceptors (Lipinski definition) is 7. The first-order chi connectivity index (χ1) is 10.2. The molecule has 0 aromatic carbocycles. The SMILES string of the molecule is Cc1noc(C2(F)CCN(c3ncnc4sccc34)C2)n1. The van der Waals surface area contributed by atoms with Gasteiger partial charge in [0.05, 0.1) is 11.9 Å². The van der Waals surface area contributed by atoms with E-state index < -0.39 is 5.67 Å². The molecule has 108 valence electrons. The molecule has 0 spiro atoms. The molecule has 6 nitrogen and oxygen atoms in total. The number of fused-ring (bicyclic) bond motifs is 1. The Hall–Kier alpha value is -2.09. The molecule has 1 unspecified atom stereocenters. The van der Waals surface area contributed by atoms with E-state index in [2.05, 4.69) is 20.1 Å². The summed E-state index contributed by atoms with van der Waals surface area (Å²) in [5.74, 6) is 1.26. The van der Waals surface area contributed by atoms with Gasteiger partial charge in [0.2, 0.25) is 5.67 Å². The largest absolute Gasteiger partial charge is 0.352 e. The topological polar surface area (TPSA) is 67.9 Å². The van der Waals surface area contributed by atoms with Crippen LogP contribution < -0.4 is 4.90 Å². The Morgan fingerprint density at radius 1 is 1.43 bits per heavy atom. The number of thiophene rings is 1. The Morgan fingerprint density at radius 2 is 2.33 bits per heavy atom. The summed E-state index contributed by atoms with van der Waals surface area (Å²) in [6.45, 7) is 2.40. The summed E-state index contributed by atoms with van der Waals surface area (Å²) >= 11 is 1.55. The van der Waals surface area contributed by atoms with Crippen molar-refractivity contribution in [3.8, 4) is 0 Å². The Labute approximate surface area is 123 Å². The molecule has 1 saturated heterocycles. The molecule has 0 amide bonds. The van der Waals surface area contributed by atoms with Crippen molar-refractivity contribution in [2.45, 2.75) is 19.0 Å². The Bertz CT molecular complexity index is 803. The molecule has 4 heterocycles. The molecule has 1 aliphatic rings. The highest BCUT2D eigenvalue weighted by Gasteiger charge is 2.45. The highest BCUT2D eigenvalue weighted by molar-refractivity contribution is 7.16. The molecule has 0 bridgehead atoms. The molecule has 1 fully saturated rings. The van der Waals surface area contributed by atoms with Gasteiger partial charge in [0, 0.05) is 13.0 Å². The maximum atomic E-state index is 15.0. The van der Waals surface area contributed by atoms with Crippen LogP contribution in [0.15, 0.2) is 22.3 Å². The Morgan fingerprint density at radius 3 is 3.14 bits per heavy atom. The number of alkyl halides is 1. The van der Waals surface area contributed by atoms with Gasteiger partial charge in [-0.3, -0.25) is 0 Å². The van der Waals surface area contributed by atoms with Crippen LogP contribution in [0.2, 0.25) is 0 Å². The first-order valence-electron chi connectivity index (χ1n) is 6.59. The van der Waals surface area contributed by atoms with Gasteiger partial charge in [-0.2, -0.15) is 4.98 Å². The molecule has 8 heteroatoms. The smallest absolute Gasteiger partial charge is 0.266 e. The molecule has 1 atom stereocenters. The molecule has 21 heavy (non-hydrogen) atoms. The number of nitrogens with zero attached hydrogens (tertiary/aromatic N) is 5. The monoisotopic (exact) mass is 305 g/mol. The zero-order chi connectivity index (χ0) is 14.4. The average molecular weight is 305 g/mol. The highest BCUT2D eigenvalue weighted by atomic mass is 32.1. The van der Waals surface area contributed by atoms with Crippen molar-refractivity contribution in [1.82, 2.24) is 20.1 Å². The van der Waals surface area contributed by atoms with Gasteiger partial charge in [0.15, 0.2) is 5.82 Å². The van der Waals surface area contributed by atoms with Crippen LogP contribution in [-0.4, -0.2) is 33.2 Å². The lowest BCUT2D eigenvalue weighted by Gasteiger charge is -2.19. The van der Waals surface area contributed by atoms with Crippen LogP contribution in [0.5, 0.6) is 0 Å². The van der Waals surface area contributed by atoms with Gasteiger partial charge in [-0.25, -0.2) is 14.4 Å². The first kappa shape index (κ1) is 12.6. The zero-order valence-electron chi connectivity index (χ0n) is 11.3. The molecule has 3 aromatic heterocycles. The van der Waals surface area contributed by atoms with Crippen LogP contribution in [0.4, 0.5) is 10.2 Å². The standard InChI is InChI=1S/C13H12FN5OS/c1-8-17-12(20-18-8)13(14)3-4-19(6-13)10-9-2-5-21-11(9)16-7-15-10/h2,5,7H,3-4,6H2,1H3. The number of hydrogen-bond donors (Lipinski definition) is 0. The van der Waals surface area contributed by atoms with Gasteiger partial charge in [0.25, 0.3) is 5.89 Å². The summed E-state index contributed by atoms with van der Waals surface area (Å²) in [5.41, 5.74) is -1.62. The van der Waals surface area contributed by atoms with Gasteiger partial charge >= 0.3 is 0 Å². The van der Waals surface area contributed by atoms with Crippen LogP contribution in [-0.2, 0) is 5.67 Å². The van der Waals surface area contributed by atoms with Gasteiger partial charge in [-0.15, -0.1) is 11.3 Å². The minimum atomic E-state index is -1.62. The average Bonchev–Trinajstić information content (AvgIpc) is 3.17. The normalized spacial score (nSPS) is 22.3. The van der Waals surface area contributed by atoms with Gasteiger partial charge in [-0.05, 0) is 18.4 Å². The van der Waals surface area contributed by atoms with E-state index in [0.29, 0.717) is 18.8 Å². The van der Waals surface area contributed by atoms with E-state index in [4.69, 9.17) is 4.52 Å². The van der Waals surface area contributed by atoms with Crippen LogP contribution >= 0.6 is 11.3 Å². The summed E-state index contributed by atoms with van der Waals surface area (Å²) in [7, 11) is 0. The third-order valence-electron chi connectivity index (χ3n) is 3.67. The van der Waals surface area contributed by atoms with Gasteiger partial charge < -0.3 is 9.42 Å². The molecule has 0 N–H and O–H groups in total. The third-order valence-corrected chi connectivity index (χ3v) is 4.49. The fourth-order valence-corrected chi connectivity index (χ4v) is 3.36. The fourth-order valence-electron chi connectivity index (χ4n) is 2.64. The molecular weight excluding hydrogens is 293 g/mol. The predicted molar refractivity (Wildman–Crippen MR) is 76.1 cm³/mol. The second-order valence-electron chi connectivity index (χ2n) is 5.12. The number of aromatic nitrogens is 4. The molecule has 0 saturated carbocycles. The van der Waals surface area contributed by atoms with Crippen molar-refractivity contribution in [3.05, 3.63) is 29.5 Å². The minimum absolute atomic E-state index is 0.0538. The van der Waals surface area contributed by atoms with Gasteiger partial charge in [-0.1, -0.05) is 5.16 Å². The van der Waals surface area contributed by atoms with Crippen molar-refractivity contribution in [3.63, 3.8) is 0 Å². The van der Waals surface area contributed by atoms with E-state index in [1.807, 2.05) is 16.3 Å². The number of halogens is 1. The van der Waals surface area contributed by atoms with Gasteiger partial charge in [0.1, 0.15) is 17.0 Å². The molecule has 1 aliphatic heterocycles. The maximum Gasteiger partial charge on any atom is 0.266 e. The van der Waals surface area contributed by atoms with Crippen LogP contribution in [0.25, 0.3) is 10.2 Å². The van der Waals surface area contributed by atoms with E-state index in [-0.39, 0.29) is 12.4 Å². The van der Waals surface area contributed by atoms with E-state index >= 15 is 4.39 Å². The second-order valence-corrected chi connectivity index (χ2v) is 6.01. The highest BCUT2D eigenvalue weighted by Crippen LogP contribution is 2.38. The summed E-state index contributed by atoms with van der Waals surface area (Å²) in [6.07, 6.45) is 1.83. The van der Waals surface area contributed by atoms with E-state index in [9.17, 15) is 0 Å². The first-order valence-corrected chi connectivity index (χ1v) is 7.46. The number of anilines is 1. The van der Waals surface area contributed by atoms with Crippen molar-refractivity contribution < 1.29 is 8.91 Å². The summed E-state index contributed by atoms with van der Waals surface area (Å²) in [5, 5.41) is 6.59. The predicted octanol–water partition coefficient (Wildman–Crippen LogP) is 2.46. The van der Waals surface area contributed by atoms with E-state index in [1.54, 1.807) is 18.3 Å². The van der Waals surface area contributed by atoms with Crippen molar-refractivity contribution in [1.29, 1.82) is 0 Å². The summed E-state index contributed by atoms with van der Waals surface area (Å²) < 4.78 is 20.1. The zero-order valence-corrected chi connectivity index (χ0v) is 12.1. The molecular formula is C13H12FN5OS. The lowest BCUT2D eigenvalue weighted by Crippen LogP contribution is -2.28. The Balaban J connectivity index is 1.68. The van der Waals surface area contributed by atoms with Crippen LogP contribution in [0.1, 0.15) is 18.1 Å². The summed E-state index contributed by atoms with van der Waals surface area (Å²) in [6, 6.07) is 1.96. The maximum absolute atomic E-state index is 15.0. The minimum Gasteiger partial charge on any atom is -0.352 e. The quantitative estimate of drug-likeness (QED) is 0.724. The third kappa shape index (κ3) is 1.98. The molecule has 3 aromatic rings. The molecule has 4 rings (SSSR count). The van der Waals surface area contributed by atoms with Crippen LogP contribution in [0, 0.1) is 6.92 Å². The van der Waals surface area contributed by atoms with Crippen molar-refractivity contribution >= 4 is 27.4 Å². The summed E-state index contributed by atoms with van der Waals surface area (Å²) in [4.78, 5) is 15.4. The van der Waals surface area contributed by atoms with Crippen molar-refractivity contribution in [2.75, 3.05) is 18.0 Å². The van der Waals surface area contributed by atoms with E-state index in [0.717, 1.165) is 16.0 Å². The lowest BCUT2D eigenvalue weighted by atomic mass is 10.1. The fraction of sp³-hybridized carbons (Fsp3) is 0.385. The van der Waals surface area contributed by atoms with Crippen LogP contribution in [0.3, 0.4) is 0 Å². The lowest BCUT2D eigenvalue weighted by molar-refractivity contribution is 0.136. The molecule has 0 radical (unpaired) electrons.